The van der Waals surface area contributed by atoms with Gasteiger partial charge >= 0.3 is 0 Å². The van der Waals surface area contributed by atoms with Gasteiger partial charge in [0, 0.05) is 48.6 Å². The lowest BCUT2D eigenvalue weighted by Gasteiger charge is -2.32. The first-order chi connectivity index (χ1) is 16.3. The van der Waals surface area contributed by atoms with E-state index >= 15 is 0 Å². The van der Waals surface area contributed by atoms with E-state index in [4.69, 9.17) is 4.52 Å². The van der Waals surface area contributed by atoms with Gasteiger partial charge < -0.3 is 9.42 Å². The number of aromatic nitrogens is 5. The monoisotopic (exact) mass is 440 g/mol. The van der Waals surface area contributed by atoms with Crippen molar-refractivity contribution in [2.45, 2.75) is 32.1 Å². The number of carbonyl (C=O) groups is 1. The van der Waals surface area contributed by atoms with E-state index in [9.17, 15) is 4.79 Å². The van der Waals surface area contributed by atoms with Crippen molar-refractivity contribution in [3.63, 3.8) is 0 Å². The molecule has 1 aromatic carbocycles. The van der Waals surface area contributed by atoms with Crippen LogP contribution in [0.2, 0.25) is 0 Å². The Morgan fingerprint density at radius 3 is 2.94 bits per heavy atom. The summed E-state index contributed by atoms with van der Waals surface area (Å²) in [4.78, 5) is 24.0. The number of hydrogen-bond donors (Lipinski definition) is 1. The Hall–Kier alpha value is -3.81. The average Bonchev–Trinajstić information content (AvgIpc) is 3.52. The molecule has 0 spiro atoms. The molecule has 2 aliphatic rings. The number of likely N-dealkylation sites (tertiary alicyclic amines) is 1. The number of aromatic amines is 1. The fourth-order valence-electron chi connectivity index (χ4n) is 5.02. The Morgan fingerprint density at radius 1 is 1.15 bits per heavy atom. The topological polar surface area (TPSA) is 101 Å². The molecule has 3 aromatic heterocycles. The number of piperidine rings is 1. The van der Waals surface area contributed by atoms with Crippen LogP contribution in [0.3, 0.4) is 0 Å². The molecule has 0 radical (unpaired) electrons. The summed E-state index contributed by atoms with van der Waals surface area (Å²) in [6.07, 6.45) is 7.87. The van der Waals surface area contributed by atoms with Gasteiger partial charge in [0.25, 0.3) is 11.8 Å². The van der Waals surface area contributed by atoms with Crippen LogP contribution in [-0.2, 0) is 19.3 Å². The highest BCUT2D eigenvalue weighted by Crippen LogP contribution is 2.34. The molecule has 1 amide bonds. The molecule has 8 heteroatoms. The van der Waals surface area contributed by atoms with Gasteiger partial charge in [-0.1, -0.05) is 29.4 Å². The van der Waals surface area contributed by atoms with Crippen molar-refractivity contribution in [3.8, 4) is 22.7 Å². The third-order valence-electron chi connectivity index (χ3n) is 6.67. The number of nitrogens with zero attached hydrogens (tertiary/aromatic N) is 5. The van der Waals surface area contributed by atoms with Gasteiger partial charge in [0.15, 0.2) is 5.82 Å². The van der Waals surface area contributed by atoms with Crippen molar-refractivity contribution in [2.24, 2.45) is 5.92 Å². The van der Waals surface area contributed by atoms with Crippen LogP contribution < -0.4 is 0 Å². The predicted octanol–water partition coefficient (Wildman–Crippen LogP) is 3.72. The number of carbonyl (C=O) groups excluding carboxylic acids is 1. The Morgan fingerprint density at radius 2 is 2.03 bits per heavy atom. The van der Waals surface area contributed by atoms with Crippen LogP contribution in [0.4, 0.5) is 0 Å². The summed E-state index contributed by atoms with van der Waals surface area (Å²) in [7, 11) is 0. The Kier molecular flexibility index (Phi) is 4.97. The minimum absolute atomic E-state index is 0.0402. The smallest absolute Gasteiger partial charge is 0.272 e. The molecule has 1 N–H and O–H groups in total. The number of hydrogen-bond acceptors (Lipinski definition) is 6. The standard InChI is InChI=1S/C25H24N6O2/c32-25(23-20-8-7-17-5-1-2-6-19(17)22(20)28-29-23)31-13-3-4-16(15-31)14-21-27-24(33-30-21)18-9-11-26-12-10-18/h1-2,5-6,9-12,16H,3-4,7-8,13-15H2,(H,28,29). The van der Waals surface area contributed by atoms with Crippen LogP contribution in [-0.4, -0.2) is 49.2 Å². The Bertz CT molecular complexity index is 1300. The first-order valence-electron chi connectivity index (χ1n) is 11.4. The van der Waals surface area contributed by atoms with Crippen LogP contribution in [0.5, 0.6) is 0 Å². The number of H-pyrrole nitrogens is 1. The molecular formula is C25H24N6O2. The molecular weight excluding hydrogens is 416 g/mol. The van der Waals surface area contributed by atoms with E-state index < -0.39 is 0 Å². The maximum atomic E-state index is 13.4. The van der Waals surface area contributed by atoms with Crippen LogP contribution in [0.1, 0.15) is 40.3 Å². The molecule has 1 aliphatic heterocycles. The van der Waals surface area contributed by atoms with Crippen molar-refractivity contribution in [1.82, 2.24) is 30.2 Å². The summed E-state index contributed by atoms with van der Waals surface area (Å²) in [6.45, 7) is 1.44. The minimum Gasteiger partial charge on any atom is -0.337 e. The summed E-state index contributed by atoms with van der Waals surface area (Å²) in [5.41, 5.74) is 5.88. The van der Waals surface area contributed by atoms with Crippen molar-refractivity contribution in [2.75, 3.05) is 13.1 Å². The molecule has 1 saturated heterocycles. The first kappa shape index (κ1) is 19.8. The molecule has 4 aromatic rings. The van der Waals surface area contributed by atoms with Gasteiger partial charge in [-0.15, -0.1) is 0 Å². The number of aryl methyl sites for hydroxylation is 1. The van der Waals surface area contributed by atoms with E-state index in [0.29, 0.717) is 36.3 Å². The third kappa shape index (κ3) is 3.71. The largest absolute Gasteiger partial charge is 0.337 e. The lowest BCUT2D eigenvalue weighted by Crippen LogP contribution is -2.41. The van der Waals surface area contributed by atoms with E-state index in [0.717, 1.165) is 54.6 Å². The SMILES string of the molecule is O=C(c1[nH]nc2c1CCc1ccccc1-2)N1CCCC(Cc2noc(-c3ccncc3)n2)C1. The van der Waals surface area contributed by atoms with Gasteiger partial charge in [0.1, 0.15) is 5.69 Å². The quantitative estimate of drug-likeness (QED) is 0.519. The molecule has 1 aliphatic carbocycles. The van der Waals surface area contributed by atoms with Gasteiger partial charge in [-0.2, -0.15) is 10.1 Å². The molecule has 0 bridgehead atoms. The van der Waals surface area contributed by atoms with Crippen molar-refractivity contribution >= 4 is 5.91 Å². The number of nitrogens with one attached hydrogen (secondary N) is 1. The van der Waals surface area contributed by atoms with Crippen LogP contribution in [0.15, 0.2) is 53.3 Å². The zero-order valence-electron chi connectivity index (χ0n) is 18.2. The fourth-order valence-corrected chi connectivity index (χ4v) is 5.02. The van der Waals surface area contributed by atoms with E-state index in [2.05, 4.69) is 43.5 Å². The zero-order chi connectivity index (χ0) is 22.2. The first-order valence-corrected chi connectivity index (χ1v) is 11.4. The second kappa shape index (κ2) is 8.27. The number of benzene rings is 1. The van der Waals surface area contributed by atoms with Crippen LogP contribution in [0.25, 0.3) is 22.7 Å². The van der Waals surface area contributed by atoms with Gasteiger partial charge in [-0.05, 0) is 49.3 Å². The Balaban J connectivity index is 1.17. The molecule has 1 unspecified atom stereocenters. The highest BCUT2D eigenvalue weighted by atomic mass is 16.5. The second-order valence-electron chi connectivity index (χ2n) is 8.80. The van der Waals surface area contributed by atoms with Crippen molar-refractivity contribution in [3.05, 3.63) is 71.4 Å². The number of rotatable bonds is 4. The molecule has 8 nitrogen and oxygen atoms in total. The highest BCUT2D eigenvalue weighted by molar-refractivity contribution is 5.96. The number of fused-ring (bicyclic) bond motifs is 3. The van der Waals surface area contributed by atoms with Crippen LogP contribution >= 0.6 is 0 Å². The van der Waals surface area contributed by atoms with E-state index in [1.807, 2.05) is 23.1 Å². The van der Waals surface area contributed by atoms with Gasteiger partial charge in [-0.25, -0.2) is 0 Å². The molecule has 33 heavy (non-hydrogen) atoms. The van der Waals surface area contributed by atoms with Crippen molar-refractivity contribution in [1.29, 1.82) is 0 Å². The van der Waals surface area contributed by atoms with Gasteiger partial charge in [0.2, 0.25) is 0 Å². The average molecular weight is 441 g/mol. The van der Waals surface area contributed by atoms with Crippen LogP contribution in [0, 0.1) is 5.92 Å². The molecule has 1 fully saturated rings. The number of amides is 1. The molecule has 166 valence electrons. The van der Waals surface area contributed by atoms with Gasteiger partial charge in [-0.3, -0.25) is 14.9 Å². The normalized spacial score (nSPS) is 17.5. The lowest BCUT2D eigenvalue weighted by molar-refractivity contribution is 0.0664. The molecule has 4 heterocycles. The summed E-state index contributed by atoms with van der Waals surface area (Å²) in [5.74, 6) is 1.51. The maximum absolute atomic E-state index is 13.4. The fraction of sp³-hybridized carbons (Fsp3) is 0.320. The third-order valence-corrected chi connectivity index (χ3v) is 6.67. The predicted molar refractivity (Wildman–Crippen MR) is 121 cm³/mol. The van der Waals surface area contributed by atoms with Gasteiger partial charge in [0.05, 0.1) is 5.69 Å². The van der Waals surface area contributed by atoms with E-state index in [1.54, 1.807) is 12.4 Å². The maximum Gasteiger partial charge on any atom is 0.272 e. The Labute approximate surface area is 191 Å². The highest BCUT2D eigenvalue weighted by Gasteiger charge is 2.31. The van der Waals surface area contributed by atoms with E-state index in [1.165, 1.54) is 5.56 Å². The second-order valence-corrected chi connectivity index (χ2v) is 8.80. The minimum atomic E-state index is 0.0402. The number of pyridine rings is 1. The van der Waals surface area contributed by atoms with E-state index in [-0.39, 0.29) is 5.91 Å². The summed E-state index contributed by atoms with van der Waals surface area (Å²) in [5, 5.41) is 11.7. The van der Waals surface area contributed by atoms with Crippen molar-refractivity contribution < 1.29 is 9.32 Å². The summed E-state index contributed by atoms with van der Waals surface area (Å²) >= 11 is 0. The lowest BCUT2D eigenvalue weighted by atomic mass is 9.88. The molecule has 0 saturated carbocycles. The molecule has 6 rings (SSSR count). The molecule has 1 atom stereocenters. The zero-order valence-corrected chi connectivity index (χ0v) is 18.2. The summed E-state index contributed by atoms with van der Waals surface area (Å²) in [6, 6.07) is 12.0. The summed E-state index contributed by atoms with van der Waals surface area (Å²) < 4.78 is 5.43.